The Morgan fingerprint density at radius 3 is 2.27 bits per heavy atom. The fourth-order valence-electron chi connectivity index (χ4n) is 5.81. The van der Waals surface area contributed by atoms with E-state index in [2.05, 4.69) is 20.3 Å². The van der Waals surface area contributed by atoms with E-state index in [4.69, 9.17) is 20.3 Å². The van der Waals surface area contributed by atoms with Gasteiger partial charge in [0, 0.05) is 56.9 Å². The van der Waals surface area contributed by atoms with Crippen LogP contribution in [0.2, 0.25) is 0 Å². The third-order valence-electron chi connectivity index (χ3n) is 8.41. The quantitative estimate of drug-likeness (QED) is 0.0631. The van der Waals surface area contributed by atoms with Crippen LogP contribution in [0.3, 0.4) is 0 Å². The molecule has 1 heterocycles. The van der Waals surface area contributed by atoms with E-state index in [0.717, 1.165) is 11.1 Å². The van der Waals surface area contributed by atoms with Gasteiger partial charge in [-0.25, -0.2) is 13.1 Å². The maximum absolute atomic E-state index is 13.5. The fraction of sp³-hybridized carbons (Fsp3) is 0.657. The van der Waals surface area contributed by atoms with Gasteiger partial charge in [0.2, 0.25) is 23.7 Å². The molecule has 0 saturated carbocycles. The van der Waals surface area contributed by atoms with Crippen LogP contribution in [0, 0.1) is 20.8 Å². The van der Waals surface area contributed by atoms with E-state index < -0.39 is 56.9 Å². The number of sulfonamides is 1. The number of nitrogens with two attached hydrogens (primary N) is 1. The minimum atomic E-state index is -4.14. The first-order valence-electron chi connectivity index (χ1n) is 17.3. The summed E-state index contributed by atoms with van der Waals surface area (Å²) >= 11 is 0. The number of hydrogen-bond acceptors (Lipinski definition) is 10. The summed E-state index contributed by atoms with van der Waals surface area (Å²) in [6.45, 7) is 14.1. The Hall–Kier alpha value is -4.41. The number of carboxylic acids is 1. The number of carbonyl (C=O) groups excluding carboxylic acids is 4. The Morgan fingerprint density at radius 2 is 1.65 bits per heavy atom. The molecule has 52 heavy (non-hydrogen) atoms. The molecule has 1 aliphatic rings. The van der Waals surface area contributed by atoms with Crippen LogP contribution in [-0.2, 0) is 45.2 Å². The molecule has 16 nitrogen and oxygen atoms in total. The number of unbranched alkanes of at least 4 members (excludes halogenated alkanes) is 1. The van der Waals surface area contributed by atoms with Gasteiger partial charge in [-0.3, -0.25) is 29.0 Å². The lowest BCUT2D eigenvalue weighted by Crippen LogP contribution is -2.48. The monoisotopic (exact) mass is 752 g/mol. The Morgan fingerprint density at radius 1 is 1.00 bits per heavy atom. The van der Waals surface area contributed by atoms with E-state index in [0.29, 0.717) is 36.1 Å². The number of nitrogens with one attached hydrogen (secondary N) is 3. The number of carboxylic acid groups (broad SMARTS) is 1. The highest BCUT2D eigenvalue weighted by molar-refractivity contribution is 7.90. The van der Waals surface area contributed by atoms with Crippen LogP contribution in [0.5, 0.6) is 5.75 Å². The van der Waals surface area contributed by atoms with Crippen LogP contribution in [0.1, 0.15) is 102 Å². The van der Waals surface area contributed by atoms with Crippen LogP contribution >= 0.6 is 0 Å². The summed E-state index contributed by atoms with van der Waals surface area (Å²) in [5, 5.41) is 14.0. The summed E-state index contributed by atoms with van der Waals surface area (Å²) in [6, 6.07) is -0.978. The molecular weight excluding hydrogens is 696 g/mol. The van der Waals surface area contributed by atoms with E-state index >= 15 is 0 Å². The number of amides is 3. The molecule has 0 aromatic heterocycles. The van der Waals surface area contributed by atoms with Crippen molar-refractivity contribution in [1.29, 1.82) is 0 Å². The molecule has 0 radical (unpaired) electrons. The number of aliphatic carboxylic acids is 1. The van der Waals surface area contributed by atoms with Gasteiger partial charge in [0.1, 0.15) is 29.5 Å². The Balaban J connectivity index is 2.07. The van der Waals surface area contributed by atoms with Gasteiger partial charge in [-0.05, 0) is 92.2 Å². The normalized spacial score (nSPS) is 14.4. The first-order chi connectivity index (χ1) is 24.0. The number of guanidine groups is 1. The molecular formula is C35H56N6O10S. The van der Waals surface area contributed by atoms with Crippen molar-refractivity contribution < 1.29 is 47.0 Å². The van der Waals surface area contributed by atoms with Crippen molar-refractivity contribution in [1.82, 2.24) is 20.3 Å². The van der Waals surface area contributed by atoms with Crippen LogP contribution < -0.4 is 25.8 Å². The van der Waals surface area contributed by atoms with E-state index in [1.807, 2.05) is 20.8 Å². The molecule has 17 heteroatoms. The maximum Gasteiger partial charge on any atom is 0.325 e. The van der Waals surface area contributed by atoms with Gasteiger partial charge in [-0.15, -0.1) is 0 Å². The fourth-order valence-corrected chi connectivity index (χ4v) is 7.31. The average Bonchev–Trinajstić information content (AvgIpc) is 3.35. The van der Waals surface area contributed by atoms with Gasteiger partial charge in [0.05, 0.1) is 4.90 Å². The van der Waals surface area contributed by atoms with Crippen LogP contribution in [0.15, 0.2) is 9.89 Å². The summed E-state index contributed by atoms with van der Waals surface area (Å²) in [5.41, 5.74) is 7.70. The third kappa shape index (κ3) is 13.3. The topological polar surface area (TPSA) is 236 Å². The minimum Gasteiger partial charge on any atom is -0.487 e. The van der Waals surface area contributed by atoms with E-state index in [1.54, 1.807) is 34.6 Å². The predicted molar refractivity (Wildman–Crippen MR) is 194 cm³/mol. The first-order valence-corrected chi connectivity index (χ1v) is 18.8. The van der Waals surface area contributed by atoms with Crippen molar-refractivity contribution in [3.05, 3.63) is 22.3 Å². The summed E-state index contributed by atoms with van der Waals surface area (Å²) < 4.78 is 40.6. The summed E-state index contributed by atoms with van der Waals surface area (Å²) in [6.07, 6.45) is 1.25. The lowest BCUT2D eigenvalue weighted by Gasteiger charge is -2.27. The molecule has 1 aromatic carbocycles. The zero-order valence-corrected chi connectivity index (χ0v) is 32.7. The Labute approximate surface area is 306 Å². The molecule has 0 spiro atoms. The molecule has 6 N–H and O–H groups in total. The number of nitrogens with zero attached hydrogens (tertiary/aromatic N) is 2. The van der Waals surface area contributed by atoms with Crippen molar-refractivity contribution in [2.24, 2.45) is 10.7 Å². The molecule has 292 valence electrons. The smallest absolute Gasteiger partial charge is 0.325 e. The SMILES string of the molecule is Cc1c(C)c(S(=O)(=O)NC(N)=NCCC[C@@H](C(=O)NCCCCC(=O)O)N(C)C(=O)CCC(=O)NCC(=O)OC(C)(C)C)c(C)c2c1CC(C)(C)O2. The average molecular weight is 753 g/mol. The number of ether oxygens (including phenoxy) is 2. The maximum atomic E-state index is 13.5. The van der Waals surface area contributed by atoms with Crippen molar-refractivity contribution >= 4 is 45.6 Å². The molecule has 0 fully saturated rings. The van der Waals surface area contributed by atoms with Gasteiger partial charge in [0.25, 0.3) is 10.0 Å². The van der Waals surface area contributed by atoms with Crippen LogP contribution in [-0.4, -0.2) is 98.0 Å². The molecule has 1 atom stereocenters. The van der Waals surface area contributed by atoms with E-state index in [1.165, 1.54) is 11.9 Å². The summed E-state index contributed by atoms with van der Waals surface area (Å²) in [4.78, 5) is 66.7. The lowest BCUT2D eigenvalue weighted by atomic mass is 9.93. The Bertz CT molecular complexity index is 1650. The molecule has 0 unspecified atom stereocenters. The molecule has 3 amide bonds. The zero-order valence-electron chi connectivity index (χ0n) is 31.9. The predicted octanol–water partition coefficient (Wildman–Crippen LogP) is 2.13. The summed E-state index contributed by atoms with van der Waals surface area (Å²) in [7, 11) is -2.72. The standard InChI is InChI=1S/C35H56N6O10S/c1-21-22(2)31(23(3)30-24(21)19-35(7,8)51-30)52(48,49)40-33(36)38-18-12-13-25(32(47)37-17-11-10-14-28(44)45)41(9)27(43)16-15-26(42)39-20-29(46)50-34(4,5)6/h25H,10-20H2,1-9H3,(H,37,47)(H,39,42)(H,44,45)(H3,36,38,40)/t25-/m0/s1. The summed E-state index contributed by atoms with van der Waals surface area (Å²) in [5.74, 6) is -2.90. The second-order valence-corrected chi connectivity index (χ2v) is 16.2. The number of fused-ring (bicyclic) bond motifs is 1. The minimum absolute atomic E-state index is 0.0182. The number of rotatable bonds is 18. The van der Waals surface area contributed by atoms with Crippen LogP contribution in [0.4, 0.5) is 0 Å². The van der Waals surface area contributed by atoms with Crippen molar-refractivity contribution in [2.75, 3.05) is 26.7 Å². The second-order valence-electron chi connectivity index (χ2n) is 14.6. The number of hydrogen-bond donors (Lipinski definition) is 5. The highest BCUT2D eigenvalue weighted by Crippen LogP contribution is 2.43. The van der Waals surface area contributed by atoms with Gasteiger partial charge in [-0.2, -0.15) is 0 Å². The Kier molecular flexibility index (Phi) is 15.5. The zero-order chi connectivity index (χ0) is 39.6. The molecule has 1 aliphatic heterocycles. The van der Waals surface area contributed by atoms with Gasteiger partial charge >= 0.3 is 11.9 Å². The number of carbonyl (C=O) groups is 5. The number of likely N-dealkylation sites (N-methyl/N-ethyl adjacent to an activating group) is 1. The van der Waals surface area contributed by atoms with Crippen molar-refractivity contribution in [2.45, 2.75) is 129 Å². The number of benzene rings is 1. The lowest BCUT2D eigenvalue weighted by molar-refractivity contribution is -0.154. The van der Waals surface area contributed by atoms with E-state index in [9.17, 15) is 32.4 Å². The highest BCUT2D eigenvalue weighted by Gasteiger charge is 2.37. The van der Waals surface area contributed by atoms with Crippen molar-refractivity contribution in [3.63, 3.8) is 0 Å². The van der Waals surface area contributed by atoms with Crippen molar-refractivity contribution in [3.8, 4) is 5.75 Å². The molecule has 0 bridgehead atoms. The van der Waals surface area contributed by atoms with E-state index in [-0.39, 0.29) is 62.6 Å². The third-order valence-corrected chi connectivity index (χ3v) is 10.0. The van der Waals surface area contributed by atoms with Crippen LogP contribution in [0.25, 0.3) is 0 Å². The highest BCUT2D eigenvalue weighted by atomic mass is 32.2. The van der Waals surface area contributed by atoms with Gasteiger partial charge in [-0.1, -0.05) is 0 Å². The molecule has 1 aromatic rings. The first kappa shape index (κ1) is 43.8. The molecule has 2 rings (SSSR count). The number of esters is 1. The van der Waals surface area contributed by atoms with Gasteiger partial charge < -0.3 is 35.8 Å². The number of aliphatic imine (C=N–C) groups is 1. The molecule has 0 saturated heterocycles. The molecule has 0 aliphatic carbocycles. The second kappa shape index (κ2) is 18.4. The largest absolute Gasteiger partial charge is 0.487 e. The van der Waals surface area contributed by atoms with Gasteiger partial charge in [0.15, 0.2) is 0 Å².